The van der Waals surface area contributed by atoms with E-state index >= 15 is 0 Å². The summed E-state index contributed by atoms with van der Waals surface area (Å²) in [7, 11) is 1.23. The van der Waals surface area contributed by atoms with Gasteiger partial charge >= 0.3 is 0 Å². The maximum Gasteiger partial charge on any atom is 0.204 e. The lowest BCUT2D eigenvalue weighted by atomic mass is 10.1. The zero-order valence-electron chi connectivity index (χ0n) is 10.7. The molecule has 0 saturated carbocycles. The van der Waals surface area contributed by atoms with Crippen molar-refractivity contribution >= 4 is 21.9 Å². The third-order valence-corrected chi connectivity index (χ3v) is 3.17. The summed E-state index contributed by atoms with van der Waals surface area (Å²) in [5, 5.41) is 38.4. The summed E-state index contributed by atoms with van der Waals surface area (Å²) >= 11 is 0. The number of hydrogen-bond donors (Lipinski definition) is 4. The summed E-state index contributed by atoms with van der Waals surface area (Å²) in [5.41, 5.74) is -0.697. The summed E-state index contributed by atoms with van der Waals surface area (Å²) < 4.78 is 10.2. The molecule has 0 aliphatic carbocycles. The first-order chi connectivity index (χ1) is 9.93. The highest BCUT2D eigenvalue weighted by Gasteiger charge is 2.20. The largest absolute Gasteiger partial charge is 0.504 e. The van der Waals surface area contributed by atoms with Crippen LogP contribution in [-0.4, -0.2) is 27.5 Å². The van der Waals surface area contributed by atoms with Crippen LogP contribution in [0.2, 0.25) is 0 Å². The quantitative estimate of drug-likeness (QED) is 0.398. The molecule has 7 heteroatoms. The van der Waals surface area contributed by atoms with Crippen LogP contribution in [0.5, 0.6) is 28.7 Å². The third-order valence-electron chi connectivity index (χ3n) is 3.17. The van der Waals surface area contributed by atoms with Gasteiger partial charge in [0.1, 0.15) is 16.6 Å². The Balaban J connectivity index is 2.57. The minimum atomic E-state index is -0.627. The Hall–Kier alpha value is -3.09. The fraction of sp³-hybridized carbons (Fsp3) is 0.0714. The molecule has 21 heavy (non-hydrogen) atoms. The highest BCUT2D eigenvalue weighted by atomic mass is 16.5. The summed E-state index contributed by atoms with van der Waals surface area (Å²) in [6.45, 7) is 0. The van der Waals surface area contributed by atoms with E-state index in [0.717, 1.165) is 18.2 Å². The Morgan fingerprint density at radius 1 is 0.952 bits per heavy atom. The topological polar surface area (TPSA) is 120 Å². The van der Waals surface area contributed by atoms with Gasteiger partial charge in [0, 0.05) is 12.1 Å². The molecule has 4 N–H and O–H groups in total. The molecule has 0 atom stereocenters. The van der Waals surface area contributed by atoms with Gasteiger partial charge in [-0.15, -0.1) is 0 Å². The van der Waals surface area contributed by atoms with E-state index in [9.17, 15) is 25.2 Å². The van der Waals surface area contributed by atoms with Gasteiger partial charge in [0.05, 0.1) is 12.5 Å². The van der Waals surface area contributed by atoms with E-state index in [0.29, 0.717) is 0 Å². The normalized spacial score (nSPS) is 11.1. The number of aromatic hydroxyl groups is 4. The second-order valence-corrected chi connectivity index (χ2v) is 4.42. The van der Waals surface area contributed by atoms with Crippen LogP contribution < -0.4 is 10.2 Å². The van der Waals surface area contributed by atoms with Gasteiger partial charge in [-0.25, -0.2) is 0 Å². The van der Waals surface area contributed by atoms with E-state index in [1.165, 1.54) is 7.11 Å². The molecule has 0 spiro atoms. The Bertz CT molecular complexity index is 940. The van der Waals surface area contributed by atoms with Crippen LogP contribution in [0.3, 0.4) is 0 Å². The zero-order valence-corrected chi connectivity index (χ0v) is 10.7. The lowest BCUT2D eigenvalue weighted by Crippen LogP contribution is -2.03. The average Bonchev–Trinajstić information content (AvgIpc) is 2.41. The van der Waals surface area contributed by atoms with Gasteiger partial charge < -0.3 is 29.6 Å². The zero-order chi connectivity index (χ0) is 15.3. The van der Waals surface area contributed by atoms with Crippen LogP contribution in [0.4, 0.5) is 0 Å². The third kappa shape index (κ3) is 1.71. The molecule has 7 nitrogen and oxygen atoms in total. The number of phenolic OH excluding ortho intramolecular Hbond substituents is 4. The number of methoxy groups -OCH3 is 1. The molecule has 0 fully saturated rings. The molecule has 1 heterocycles. The lowest BCUT2D eigenvalue weighted by molar-refractivity contribution is 0.346. The van der Waals surface area contributed by atoms with Gasteiger partial charge in [0.2, 0.25) is 11.2 Å². The summed E-state index contributed by atoms with van der Waals surface area (Å²) in [6, 6.07) is 3.23. The molecule has 1 aromatic heterocycles. The number of benzene rings is 2. The van der Waals surface area contributed by atoms with Crippen molar-refractivity contribution in [2.45, 2.75) is 0 Å². The first kappa shape index (κ1) is 12.9. The van der Waals surface area contributed by atoms with Gasteiger partial charge in [0.25, 0.3) is 0 Å². The second kappa shape index (κ2) is 4.20. The van der Waals surface area contributed by atoms with Crippen molar-refractivity contribution in [2.75, 3.05) is 7.11 Å². The van der Waals surface area contributed by atoms with E-state index < -0.39 is 28.4 Å². The fourth-order valence-electron chi connectivity index (χ4n) is 2.19. The van der Waals surface area contributed by atoms with Crippen LogP contribution >= 0.6 is 0 Å². The lowest BCUT2D eigenvalue weighted by Gasteiger charge is -2.09. The van der Waals surface area contributed by atoms with Crippen LogP contribution in [0.25, 0.3) is 21.9 Å². The number of rotatable bonds is 1. The Morgan fingerprint density at radius 2 is 1.57 bits per heavy atom. The molecule has 0 aliphatic rings. The molecule has 0 bridgehead atoms. The van der Waals surface area contributed by atoms with Crippen molar-refractivity contribution in [1.29, 1.82) is 0 Å². The maximum atomic E-state index is 12.4. The van der Waals surface area contributed by atoms with E-state index in [2.05, 4.69) is 0 Å². The monoisotopic (exact) mass is 290 g/mol. The SMILES string of the molecule is COc1c(O)cc2oc3cc(O)c(O)cc3c(=O)c2c1O. The van der Waals surface area contributed by atoms with Gasteiger partial charge in [-0.2, -0.15) is 0 Å². The predicted octanol–water partition coefficient (Wildman–Crippen LogP) is 1.78. The Kier molecular flexibility index (Phi) is 2.59. The van der Waals surface area contributed by atoms with Crippen LogP contribution in [0.1, 0.15) is 0 Å². The first-order valence-electron chi connectivity index (χ1n) is 5.85. The number of ether oxygens (including phenoxy) is 1. The fourth-order valence-corrected chi connectivity index (χ4v) is 2.19. The molecule has 2 aromatic carbocycles. The molecular weight excluding hydrogens is 280 g/mol. The highest BCUT2D eigenvalue weighted by molar-refractivity contribution is 5.96. The van der Waals surface area contributed by atoms with E-state index in [4.69, 9.17) is 9.15 Å². The van der Waals surface area contributed by atoms with Crippen LogP contribution in [-0.2, 0) is 0 Å². The van der Waals surface area contributed by atoms with Gasteiger partial charge in [-0.05, 0) is 6.07 Å². The summed E-state index contributed by atoms with van der Waals surface area (Å²) in [6.07, 6.45) is 0. The van der Waals surface area contributed by atoms with Crippen LogP contribution in [0.15, 0.2) is 27.4 Å². The molecule has 0 amide bonds. The standard InChI is InChI=1S/C14H10O7/c1-20-14-8(17)4-10-11(13(14)19)12(18)5-2-6(15)7(16)3-9(5)21-10/h2-4,15-17,19H,1H3. The van der Waals surface area contributed by atoms with Gasteiger partial charge in [-0.3, -0.25) is 4.79 Å². The summed E-state index contributed by atoms with van der Waals surface area (Å²) in [4.78, 5) is 12.4. The number of phenols is 4. The molecule has 3 rings (SSSR count). The Labute approximate surface area is 116 Å². The second-order valence-electron chi connectivity index (χ2n) is 4.42. The van der Waals surface area contributed by atoms with Crippen molar-refractivity contribution < 1.29 is 29.6 Å². The Morgan fingerprint density at radius 3 is 2.24 bits per heavy atom. The molecular formula is C14H10O7. The molecule has 0 saturated heterocycles. The van der Waals surface area contributed by atoms with Gasteiger partial charge in [0.15, 0.2) is 23.0 Å². The van der Waals surface area contributed by atoms with E-state index in [1.807, 2.05) is 0 Å². The highest BCUT2D eigenvalue weighted by Crippen LogP contribution is 2.42. The molecule has 0 radical (unpaired) electrons. The molecule has 0 aliphatic heterocycles. The van der Waals surface area contributed by atoms with E-state index in [-0.39, 0.29) is 27.7 Å². The average molecular weight is 290 g/mol. The van der Waals surface area contributed by atoms with Crippen molar-refractivity contribution in [3.63, 3.8) is 0 Å². The maximum absolute atomic E-state index is 12.4. The molecule has 108 valence electrons. The minimum Gasteiger partial charge on any atom is -0.504 e. The van der Waals surface area contributed by atoms with Crippen molar-refractivity contribution in [2.24, 2.45) is 0 Å². The van der Waals surface area contributed by atoms with E-state index in [1.54, 1.807) is 0 Å². The predicted molar refractivity (Wildman–Crippen MR) is 73.2 cm³/mol. The first-order valence-corrected chi connectivity index (χ1v) is 5.85. The molecule has 3 aromatic rings. The molecule has 0 unspecified atom stereocenters. The van der Waals surface area contributed by atoms with Gasteiger partial charge in [-0.1, -0.05) is 0 Å². The van der Waals surface area contributed by atoms with Crippen molar-refractivity contribution in [3.05, 3.63) is 28.4 Å². The van der Waals surface area contributed by atoms with Crippen molar-refractivity contribution in [1.82, 2.24) is 0 Å². The number of fused-ring (bicyclic) bond motifs is 2. The number of hydrogen-bond acceptors (Lipinski definition) is 7. The van der Waals surface area contributed by atoms with Crippen LogP contribution in [0, 0.1) is 0 Å². The summed E-state index contributed by atoms with van der Waals surface area (Å²) in [5.74, 6) is -2.15. The van der Waals surface area contributed by atoms with Crippen molar-refractivity contribution in [3.8, 4) is 28.7 Å². The minimum absolute atomic E-state index is 0.00627. The smallest absolute Gasteiger partial charge is 0.204 e.